The molecule has 1 aliphatic carbocycles. The highest BCUT2D eigenvalue weighted by molar-refractivity contribution is 6.01. The van der Waals surface area contributed by atoms with Crippen molar-refractivity contribution in [3.8, 4) is 0 Å². The van der Waals surface area contributed by atoms with Crippen LogP contribution >= 0.6 is 0 Å². The molecule has 2 aliphatic heterocycles. The fraction of sp³-hybridized carbons (Fsp3) is 0.389. The van der Waals surface area contributed by atoms with Crippen molar-refractivity contribution in [2.75, 3.05) is 6.61 Å². The van der Waals surface area contributed by atoms with Crippen molar-refractivity contribution < 1.29 is 14.3 Å². The third-order valence-electron chi connectivity index (χ3n) is 4.35. The molecular formula is C18H21N3O3. The minimum atomic E-state index is -0.840. The summed E-state index contributed by atoms with van der Waals surface area (Å²) in [4.78, 5) is 29.9. The lowest BCUT2D eigenvalue weighted by Crippen LogP contribution is -2.49. The van der Waals surface area contributed by atoms with Crippen molar-refractivity contribution in [3.63, 3.8) is 0 Å². The Kier molecular flexibility index (Phi) is 4.64. The van der Waals surface area contributed by atoms with E-state index in [2.05, 4.69) is 16.9 Å². The van der Waals surface area contributed by atoms with Crippen LogP contribution in [-0.2, 0) is 14.3 Å². The second-order valence-corrected chi connectivity index (χ2v) is 6.10. The molecule has 0 spiro atoms. The first kappa shape index (κ1) is 16.2. The number of fused-ring (bicyclic) bond motifs is 1. The van der Waals surface area contributed by atoms with Gasteiger partial charge in [0.25, 0.3) is 0 Å². The summed E-state index contributed by atoms with van der Waals surface area (Å²) in [6.45, 7) is 6.58. The fourth-order valence-corrected chi connectivity index (χ4v) is 2.96. The molecule has 126 valence electrons. The van der Waals surface area contributed by atoms with Crippen LogP contribution in [-0.4, -0.2) is 35.8 Å². The number of carbonyl (C=O) groups excluding carboxylic acids is 2. The normalized spacial score (nSPS) is 21.4. The van der Waals surface area contributed by atoms with E-state index >= 15 is 0 Å². The predicted octanol–water partition coefficient (Wildman–Crippen LogP) is 2.17. The highest BCUT2D eigenvalue weighted by atomic mass is 16.5. The van der Waals surface area contributed by atoms with Gasteiger partial charge in [-0.2, -0.15) is 4.99 Å². The quantitative estimate of drug-likeness (QED) is 0.786. The van der Waals surface area contributed by atoms with Crippen LogP contribution in [0.3, 0.4) is 0 Å². The number of ether oxygens (including phenoxy) is 1. The predicted molar refractivity (Wildman–Crippen MR) is 90.8 cm³/mol. The number of Topliss-reactive ketones (excluding diaryl/α,β-unsaturated/α-hetero) is 1. The van der Waals surface area contributed by atoms with Gasteiger partial charge in [-0.05, 0) is 38.2 Å². The average molecular weight is 327 g/mol. The van der Waals surface area contributed by atoms with Gasteiger partial charge < -0.3 is 15.0 Å². The van der Waals surface area contributed by atoms with Crippen LogP contribution in [0.4, 0.5) is 0 Å². The molecule has 6 heteroatoms. The molecule has 1 saturated heterocycles. The minimum Gasteiger partial charge on any atom is -0.477 e. The zero-order chi connectivity index (χ0) is 17.1. The summed E-state index contributed by atoms with van der Waals surface area (Å²) in [6, 6.07) is 0. The van der Waals surface area contributed by atoms with Gasteiger partial charge >= 0.3 is 0 Å². The van der Waals surface area contributed by atoms with E-state index in [1.54, 1.807) is 4.90 Å². The third-order valence-corrected chi connectivity index (χ3v) is 4.35. The van der Waals surface area contributed by atoms with Crippen molar-refractivity contribution >= 4 is 18.1 Å². The second-order valence-electron chi connectivity index (χ2n) is 6.10. The molecule has 0 aromatic carbocycles. The van der Waals surface area contributed by atoms with Crippen molar-refractivity contribution in [3.05, 3.63) is 47.5 Å². The zero-order valence-electron chi connectivity index (χ0n) is 13.7. The molecule has 0 bridgehead atoms. The van der Waals surface area contributed by atoms with Gasteiger partial charge in [0.05, 0.1) is 6.61 Å². The van der Waals surface area contributed by atoms with Gasteiger partial charge in [-0.15, -0.1) is 0 Å². The van der Waals surface area contributed by atoms with Crippen molar-refractivity contribution in [1.29, 1.82) is 0 Å². The van der Waals surface area contributed by atoms with Gasteiger partial charge in [-0.1, -0.05) is 24.3 Å². The molecule has 1 atom stereocenters. The molecule has 6 nitrogen and oxygen atoms in total. The number of rotatable bonds is 5. The first-order chi connectivity index (χ1) is 11.6. The topological polar surface area (TPSA) is 71.0 Å². The smallest absolute Gasteiger partial charge is 0.219 e. The fourth-order valence-electron chi connectivity index (χ4n) is 2.96. The van der Waals surface area contributed by atoms with Crippen LogP contribution < -0.4 is 5.32 Å². The Morgan fingerprint density at radius 1 is 1.42 bits per heavy atom. The Hall–Kier alpha value is -2.63. The summed E-state index contributed by atoms with van der Waals surface area (Å²) in [7, 11) is 0. The van der Waals surface area contributed by atoms with E-state index in [0.717, 1.165) is 24.8 Å². The molecule has 3 aliphatic rings. The van der Waals surface area contributed by atoms with E-state index in [1.165, 1.54) is 5.57 Å². The van der Waals surface area contributed by atoms with E-state index in [-0.39, 0.29) is 5.78 Å². The molecule has 1 N–H and O–H groups in total. The summed E-state index contributed by atoms with van der Waals surface area (Å²) in [5.74, 6) is 0.806. The molecule has 24 heavy (non-hydrogen) atoms. The third kappa shape index (κ3) is 3.18. The number of nitrogens with one attached hydrogen (secondary N) is 1. The molecule has 3 rings (SSSR count). The maximum atomic E-state index is 12.9. The van der Waals surface area contributed by atoms with Gasteiger partial charge in [-0.25, -0.2) is 0 Å². The Balaban J connectivity index is 1.87. The number of hydrogen-bond acceptors (Lipinski definition) is 5. The first-order valence-electron chi connectivity index (χ1n) is 8.10. The Morgan fingerprint density at radius 3 is 2.96 bits per heavy atom. The summed E-state index contributed by atoms with van der Waals surface area (Å²) in [5, 5.41) is 2.61. The highest BCUT2D eigenvalue weighted by Gasteiger charge is 2.32. The van der Waals surface area contributed by atoms with E-state index in [4.69, 9.17) is 4.74 Å². The molecule has 2 heterocycles. The van der Waals surface area contributed by atoms with Crippen molar-refractivity contribution in [1.82, 2.24) is 10.2 Å². The maximum absolute atomic E-state index is 12.9. The second kappa shape index (κ2) is 6.86. The average Bonchev–Trinajstić information content (AvgIpc) is 2.59. The van der Waals surface area contributed by atoms with Crippen LogP contribution in [0.15, 0.2) is 52.5 Å². The summed E-state index contributed by atoms with van der Waals surface area (Å²) < 4.78 is 5.53. The van der Waals surface area contributed by atoms with Crippen LogP contribution in [0.5, 0.6) is 0 Å². The molecular weight excluding hydrogens is 306 g/mol. The van der Waals surface area contributed by atoms with Gasteiger partial charge in [-0.3, -0.25) is 9.59 Å². The van der Waals surface area contributed by atoms with Crippen LogP contribution in [0.2, 0.25) is 0 Å². The van der Waals surface area contributed by atoms with E-state index in [0.29, 0.717) is 36.7 Å². The van der Waals surface area contributed by atoms with E-state index in [1.807, 2.05) is 25.3 Å². The largest absolute Gasteiger partial charge is 0.477 e. The van der Waals surface area contributed by atoms with Gasteiger partial charge in [0, 0.05) is 11.8 Å². The lowest BCUT2D eigenvalue weighted by molar-refractivity contribution is -0.123. The Labute approximate surface area is 141 Å². The number of aliphatic imine (C=N–C) groups is 1. The summed E-state index contributed by atoms with van der Waals surface area (Å²) in [6.07, 6.45) is 8.55. The van der Waals surface area contributed by atoms with Crippen LogP contribution in [0.25, 0.3) is 0 Å². The van der Waals surface area contributed by atoms with E-state index < -0.39 is 6.17 Å². The summed E-state index contributed by atoms with van der Waals surface area (Å²) in [5.41, 5.74) is 2.86. The lowest BCUT2D eigenvalue weighted by atomic mass is 9.95. The molecule has 0 aromatic heterocycles. The number of carbonyl (C=O) groups is 2. The monoisotopic (exact) mass is 327 g/mol. The number of amides is 1. The molecule has 0 saturated carbocycles. The van der Waals surface area contributed by atoms with Crippen LogP contribution in [0.1, 0.15) is 32.6 Å². The van der Waals surface area contributed by atoms with Crippen LogP contribution in [0, 0.1) is 0 Å². The minimum absolute atomic E-state index is 0.140. The first-order valence-corrected chi connectivity index (χ1v) is 8.10. The molecule has 1 amide bonds. The number of hydrogen-bond donors (Lipinski definition) is 1. The molecule has 0 radical (unpaired) electrons. The standard InChI is InChI=1S/C18H21N3O3/c1-12-5-7-14(8-6-12)16(23)17(19-11-22)21-10-15-4-3-9-24-18(15)20-13(21)2/h5,7,10-11,17H,2-4,6,8-9H2,1H3,(H,19,22). The summed E-state index contributed by atoms with van der Waals surface area (Å²) >= 11 is 0. The molecule has 0 aromatic rings. The number of nitrogens with zero attached hydrogens (tertiary/aromatic N) is 2. The molecule has 1 fully saturated rings. The maximum Gasteiger partial charge on any atom is 0.219 e. The number of ketones is 1. The Bertz CT molecular complexity index is 700. The van der Waals surface area contributed by atoms with Crippen molar-refractivity contribution in [2.45, 2.75) is 38.8 Å². The van der Waals surface area contributed by atoms with Gasteiger partial charge in [0.15, 0.2) is 6.17 Å². The van der Waals surface area contributed by atoms with E-state index in [9.17, 15) is 9.59 Å². The van der Waals surface area contributed by atoms with Gasteiger partial charge in [0.1, 0.15) is 5.82 Å². The zero-order valence-corrected chi connectivity index (χ0v) is 13.7. The molecule has 1 unspecified atom stereocenters. The number of allylic oxidation sites excluding steroid dienone is 3. The highest BCUT2D eigenvalue weighted by Crippen LogP contribution is 2.27. The lowest BCUT2D eigenvalue weighted by Gasteiger charge is -2.34. The Morgan fingerprint density at radius 2 is 2.25 bits per heavy atom. The van der Waals surface area contributed by atoms with Crippen molar-refractivity contribution in [2.24, 2.45) is 4.99 Å². The SMILES string of the molecule is C=C1N=C2OCCCC2=CN1C(NC=O)C(=O)C1=CC=C(C)CC1. The van der Waals surface area contributed by atoms with Gasteiger partial charge in [0.2, 0.25) is 18.1 Å².